The van der Waals surface area contributed by atoms with Crippen LogP contribution in [0.15, 0.2) is 60.7 Å². The first-order valence-corrected chi connectivity index (χ1v) is 9.57. The van der Waals surface area contributed by atoms with Crippen LogP contribution in [-0.4, -0.2) is 36.0 Å². The quantitative estimate of drug-likeness (QED) is 0.528. The summed E-state index contributed by atoms with van der Waals surface area (Å²) in [5.74, 6) is -0.575. The number of nitrogens with one attached hydrogen (secondary N) is 2. The maximum atomic E-state index is 12.9. The summed E-state index contributed by atoms with van der Waals surface area (Å²) in [6.45, 7) is 1.84. The summed E-state index contributed by atoms with van der Waals surface area (Å²) in [4.78, 5) is 21.4. The lowest BCUT2D eigenvalue weighted by Crippen LogP contribution is -2.32. The van der Waals surface area contributed by atoms with Crippen LogP contribution in [0.4, 0.5) is 24.8 Å². The fraction of sp³-hybridized carbons (Fsp3) is 0.227. The molecule has 168 valence electrons. The molecule has 32 heavy (non-hydrogen) atoms. The van der Waals surface area contributed by atoms with Crippen molar-refractivity contribution in [2.45, 2.75) is 19.3 Å². The number of anilines is 2. The summed E-state index contributed by atoms with van der Waals surface area (Å²) in [6, 6.07) is 15.4. The molecule has 1 atom stereocenters. The van der Waals surface area contributed by atoms with Crippen molar-refractivity contribution in [2.24, 2.45) is 0 Å². The van der Waals surface area contributed by atoms with Crippen LogP contribution in [0, 0.1) is 6.92 Å². The summed E-state index contributed by atoms with van der Waals surface area (Å²) >= 11 is 0. The first-order chi connectivity index (χ1) is 15.2. The number of hydrogen-bond donors (Lipinski definition) is 2. The molecule has 7 nitrogen and oxygen atoms in total. The zero-order valence-electron chi connectivity index (χ0n) is 17.3. The van der Waals surface area contributed by atoms with Gasteiger partial charge in [0.25, 0.3) is 5.91 Å². The molecule has 2 aromatic carbocycles. The van der Waals surface area contributed by atoms with Gasteiger partial charge in [0.1, 0.15) is 11.4 Å². The molecule has 0 bridgehead atoms. The number of benzene rings is 2. The summed E-state index contributed by atoms with van der Waals surface area (Å²) in [5.41, 5.74) is 2.03. The Morgan fingerprint density at radius 1 is 1.06 bits per heavy atom. The van der Waals surface area contributed by atoms with Gasteiger partial charge in [-0.2, -0.15) is 0 Å². The zero-order chi connectivity index (χ0) is 23.1. The summed E-state index contributed by atoms with van der Waals surface area (Å²) in [5, 5.41) is 5.83. The number of rotatable bonds is 8. The second-order valence-electron chi connectivity index (χ2n) is 6.81. The van der Waals surface area contributed by atoms with Gasteiger partial charge in [-0.3, -0.25) is 4.79 Å². The van der Waals surface area contributed by atoms with Crippen LogP contribution in [-0.2, 0) is 4.74 Å². The lowest BCUT2D eigenvalue weighted by atomic mass is 10.1. The van der Waals surface area contributed by atoms with E-state index < -0.39 is 18.3 Å². The van der Waals surface area contributed by atoms with E-state index in [1.165, 1.54) is 37.4 Å². The second kappa shape index (κ2) is 10.1. The Balaban J connectivity index is 1.76. The Bertz CT molecular complexity index is 1040. The van der Waals surface area contributed by atoms with Crippen molar-refractivity contribution in [3.8, 4) is 5.75 Å². The number of ether oxygens (including phenoxy) is 2. The molecule has 1 amide bonds. The van der Waals surface area contributed by atoms with Gasteiger partial charge in [0.2, 0.25) is 5.95 Å². The molecule has 0 aliphatic heterocycles. The molecule has 0 saturated heterocycles. The predicted octanol–water partition coefficient (Wildman–Crippen LogP) is 4.54. The minimum absolute atomic E-state index is 0.102. The van der Waals surface area contributed by atoms with Gasteiger partial charge in [-0.25, -0.2) is 9.97 Å². The van der Waals surface area contributed by atoms with Gasteiger partial charge in [-0.15, -0.1) is 13.2 Å². The van der Waals surface area contributed by atoms with E-state index in [0.29, 0.717) is 11.3 Å². The van der Waals surface area contributed by atoms with Crippen LogP contribution in [0.3, 0.4) is 0 Å². The first kappa shape index (κ1) is 23.0. The van der Waals surface area contributed by atoms with E-state index in [9.17, 15) is 18.0 Å². The molecular weight excluding hydrogens is 425 g/mol. The Labute approximate surface area is 182 Å². The molecule has 3 rings (SSSR count). The third-order valence-corrected chi connectivity index (χ3v) is 4.27. The number of carbonyl (C=O) groups excluding carboxylic acids is 1. The second-order valence-corrected chi connectivity index (χ2v) is 6.81. The average Bonchev–Trinajstić information content (AvgIpc) is 2.73. The molecule has 0 spiro atoms. The lowest BCUT2D eigenvalue weighted by molar-refractivity contribution is -0.274. The Morgan fingerprint density at radius 3 is 2.38 bits per heavy atom. The number of halogens is 3. The molecule has 0 aliphatic rings. The van der Waals surface area contributed by atoms with E-state index in [4.69, 9.17) is 4.74 Å². The summed E-state index contributed by atoms with van der Waals surface area (Å²) in [7, 11) is 1.46. The third-order valence-electron chi connectivity index (χ3n) is 4.27. The number of aromatic nitrogens is 2. The Hall–Kier alpha value is -3.66. The van der Waals surface area contributed by atoms with Gasteiger partial charge in [0, 0.05) is 18.5 Å². The maximum absolute atomic E-state index is 12.9. The fourth-order valence-corrected chi connectivity index (χ4v) is 2.91. The van der Waals surface area contributed by atoms with Crippen molar-refractivity contribution in [1.82, 2.24) is 15.3 Å². The SMILES string of the molecule is COCC(NC(=O)c1cc(C)nc(Nc2ccccc2)n1)c1ccc(OC(F)(F)F)cc1. The highest BCUT2D eigenvalue weighted by molar-refractivity contribution is 5.93. The number of alkyl halides is 3. The normalized spacial score (nSPS) is 12.2. The van der Waals surface area contributed by atoms with Crippen molar-refractivity contribution in [1.29, 1.82) is 0 Å². The Morgan fingerprint density at radius 2 is 1.75 bits per heavy atom. The van der Waals surface area contributed by atoms with Crippen LogP contribution in [0.25, 0.3) is 0 Å². The standard InChI is InChI=1S/C22H21F3N4O3/c1-14-12-18(29-21(26-14)27-16-6-4-3-5-7-16)20(30)28-19(13-31-2)15-8-10-17(11-9-15)32-22(23,24)25/h3-12,19H,13H2,1-2H3,(H,28,30)(H,26,27,29). The zero-order valence-corrected chi connectivity index (χ0v) is 17.3. The number of aryl methyl sites for hydroxylation is 1. The highest BCUT2D eigenvalue weighted by atomic mass is 19.4. The number of amides is 1. The molecule has 0 aliphatic carbocycles. The van der Waals surface area contributed by atoms with Gasteiger partial charge in [-0.1, -0.05) is 30.3 Å². The van der Waals surface area contributed by atoms with Crippen LogP contribution >= 0.6 is 0 Å². The largest absolute Gasteiger partial charge is 0.573 e. The molecule has 3 aromatic rings. The van der Waals surface area contributed by atoms with Crippen molar-refractivity contribution in [3.05, 3.63) is 77.6 Å². The molecule has 0 radical (unpaired) electrons. The third kappa shape index (κ3) is 6.67. The molecule has 0 saturated carbocycles. The maximum Gasteiger partial charge on any atom is 0.573 e. The summed E-state index contributed by atoms with van der Waals surface area (Å²) in [6.07, 6.45) is -4.78. The van der Waals surface area contributed by atoms with Crippen molar-refractivity contribution >= 4 is 17.5 Å². The number of carbonyl (C=O) groups is 1. The molecule has 10 heteroatoms. The van der Waals surface area contributed by atoms with Gasteiger partial charge in [-0.05, 0) is 42.8 Å². The van der Waals surface area contributed by atoms with Crippen LogP contribution < -0.4 is 15.4 Å². The number of nitrogens with zero attached hydrogens (tertiary/aromatic N) is 2. The van der Waals surface area contributed by atoms with Crippen LogP contribution in [0.2, 0.25) is 0 Å². The van der Waals surface area contributed by atoms with Gasteiger partial charge in [0.05, 0.1) is 12.6 Å². The monoisotopic (exact) mass is 446 g/mol. The molecule has 1 aromatic heterocycles. The van der Waals surface area contributed by atoms with E-state index >= 15 is 0 Å². The van der Waals surface area contributed by atoms with Gasteiger partial charge < -0.3 is 20.1 Å². The molecule has 2 N–H and O–H groups in total. The number of para-hydroxylation sites is 1. The number of hydrogen-bond acceptors (Lipinski definition) is 6. The smallest absolute Gasteiger partial charge is 0.406 e. The van der Waals surface area contributed by atoms with Crippen LogP contribution in [0.5, 0.6) is 5.75 Å². The first-order valence-electron chi connectivity index (χ1n) is 9.57. The topological polar surface area (TPSA) is 85.4 Å². The minimum atomic E-state index is -4.78. The Kier molecular flexibility index (Phi) is 7.26. The van der Waals surface area contributed by atoms with Crippen molar-refractivity contribution < 1.29 is 27.4 Å². The van der Waals surface area contributed by atoms with Crippen molar-refractivity contribution in [3.63, 3.8) is 0 Å². The van der Waals surface area contributed by atoms with E-state index in [1.54, 1.807) is 6.92 Å². The molecule has 1 unspecified atom stereocenters. The van der Waals surface area contributed by atoms with E-state index in [-0.39, 0.29) is 24.0 Å². The van der Waals surface area contributed by atoms with Gasteiger partial charge >= 0.3 is 6.36 Å². The lowest BCUT2D eigenvalue weighted by Gasteiger charge is -2.19. The van der Waals surface area contributed by atoms with E-state index in [0.717, 1.165) is 5.69 Å². The highest BCUT2D eigenvalue weighted by Crippen LogP contribution is 2.25. The minimum Gasteiger partial charge on any atom is -0.406 e. The average molecular weight is 446 g/mol. The van der Waals surface area contributed by atoms with E-state index in [2.05, 4.69) is 25.3 Å². The van der Waals surface area contributed by atoms with Crippen molar-refractivity contribution in [2.75, 3.05) is 19.0 Å². The predicted molar refractivity (Wildman–Crippen MR) is 112 cm³/mol. The van der Waals surface area contributed by atoms with Gasteiger partial charge in [0.15, 0.2) is 0 Å². The summed E-state index contributed by atoms with van der Waals surface area (Å²) < 4.78 is 46.1. The van der Waals surface area contributed by atoms with Crippen LogP contribution in [0.1, 0.15) is 27.8 Å². The molecule has 1 heterocycles. The number of methoxy groups -OCH3 is 1. The fourth-order valence-electron chi connectivity index (χ4n) is 2.91. The molecular formula is C22H21F3N4O3. The highest BCUT2D eigenvalue weighted by Gasteiger charge is 2.31. The van der Waals surface area contributed by atoms with E-state index in [1.807, 2.05) is 30.3 Å². The molecule has 0 fully saturated rings.